The van der Waals surface area contributed by atoms with Gasteiger partial charge in [-0.1, -0.05) is 0 Å². The van der Waals surface area contributed by atoms with Gasteiger partial charge in [-0.2, -0.15) is 0 Å². The standard InChI is InChI=1S/C10H13FN4O/c1-14-9(13)8(12)10(16)15-7-4-2-6(11)3-5-7/h2-5,14H,12-13H2,1H3,(H,15,16)/b9-8-. The van der Waals surface area contributed by atoms with Gasteiger partial charge in [0, 0.05) is 12.7 Å². The van der Waals surface area contributed by atoms with E-state index in [0.717, 1.165) is 0 Å². The Bertz CT molecular complexity index is 413. The Balaban J connectivity index is 2.76. The predicted octanol–water partition coefficient (Wildman–Crippen LogP) is 0.0701. The van der Waals surface area contributed by atoms with Crippen molar-refractivity contribution in [3.8, 4) is 0 Å². The Kier molecular flexibility index (Phi) is 3.71. The predicted molar refractivity (Wildman–Crippen MR) is 59.5 cm³/mol. The Morgan fingerprint density at radius 3 is 2.31 bits per heavy atom. The fourth-order valence-electron chi connectivity index (χ4n) is 0.989. The van der Waals surface area contributed by atoms with E-state index in [9.17, 15) is 9.18 Å². The number of benzene rings is 1. The zero-order valence-electron chi connectivity index (χ0n) is 8.75. The largest absolute Gasteiger partial charge is 0.391 e. The molecule has 0 saturated carbocycles. The number of hydrogen-bond acceptors (Lipinski definition) is 4. The van der Waals surface area contributed by atoms with Crippen molar-refractivity contribution in [1.29, 1.82) is 0 Å². The monoisotopic (exact) mass is 224 g/mol. The summed E-state index contributed by atoms with van der Waals surface area (Å²) in [6.07, 6.45) is 0. The molecule has 6 heteroatoms. The number of anilines is 1. The minimum absolute atomic E-state index is 0.0830. The lowest BCUT2D eigenvalue weighted by molar-refractivity contribution is -0.113. The molecular formula is C10H13FN4O. The van der Waals surface area contributed by atoms with Gasteiger partial charge < -0.3 is 22.1 Å². The quantitative estimate of drug-likeness (QED) is 0.547. The van der Waals surface area contributed by atoms with Crippen LogP contribution >= 0.6 is 0 Å². The third kappa shape index (κ3) is 2.88. The van der Waals surface area contributed by atoms with E-state index >= 15 is 0 Å². The van der Waals surface area contributed by atoms with E-state index in [-0.39, 0.29) is 17.3 Å². The molecule has 0 saturated heterocycles. The summed E-state index contributed by atoms with van der Waals surface area (Å²) in [5.41, 5.74) is 11.2. The van der Waals surface area contributed by atoms with E-state index in [4.69, 9.17) is 11.5 Å². The molecule has 1 aromatic rings. The Labute approximate surface area is 92.3 Å². The fraction of sp³-hybridized carbons (Fsp3) is 0.100. The molecule has 0 aliphatic heterocycles. The molecule has 16 heavy (non-hydrogen) atoms. The molecule has 0 radical (unpaired) electrons. The minimum Gasteiger partial charge on any atom is -0.391 e. The lowest BCUT2D eigenvalue weighted by atomic mass is 10.3. The van der Waals surface area contributed by atoms with Crippen molar-refractivity contribution in [3.63, 3.8) is 0 Å². The molecule has 0 fully saturated rings. The van der Waals surface area contributed by atoms with Crippen LogP contribution in [0.3, 0.4) is 0 Å². The Morgan fingerprint density at radius 1 is 1.25 bits per heavy atom. The topological polar surface area (TPSA) is 93.2 Å². The summed E-state index contributed by atoms with van der Waals surface area (Å²) >= 11 is 0. The van der Waals surface area contributed by atoms with Gasteiger partial charge in [0.05, 0.1) is 0 Å². The number of amides is 1. The Hall–Kier alpha value is -2.24. The van der Waals surface area contributed by atoms with Gasteiger partial charge in [-0.05, 0) is 24.3 Å². The van der Waals surface area contributed by atoms with Crippen LogP contribution in [0.5, 0.6) is 0 Å². The van der Waals surface area contributed by atoms with Crippen LogP contribution in [0, 0.1) is 5.82 Å². The molecule has 6 N–H and O–H groups in total. The molecular weight excluding hydrogens is 211 g/mol. The molecule has 1 rings (SSSR count). The number of carbonyl (C=O) groups is 1. The van der Waals surface area contributed by atoms with Gasteiger partial charge in [-0.3, -0.25) is 4.79 Å². The summed E-state index contributed by atoms with van der Waals surface area (Å²) in [6.45, 7) is 0. The van der Waals surface area contributed by atoms with E-state index in [1.54, 1.807) is 7.05 Å². The molecule has 5 nitrogen and oxygen atoms in total. The molecule has 0 aliphatic rings. The van der Waals surface area contributed by atoms with E-state index in [0.29, 0.717) is 5.69 Å². The summed E-state index contributed by atoms with van der Waals surface area (Å²) < 4.78 is 12.6. The number of rotatable bonds is 3. The summed E-state index contributed by atoms with van der Waals surface area (Å²) in [5.74, 6) is -0.839. The maximum atomic E-state index is 12.6. The molecule has 1 amide bonds. The highest BCUT2D eigenvalue weighted by molar-refractivity contribution is 6.03. The number of hydrogen-bond donors (Lipinski definition) is 4. The van der Waals surface area contributed by atoms with Crippen molar-refractivity contribution in [2.45, 2.75) is 0 Å². The third-order valence-electron chi connectivity index (χ3n) is 1.91. The highest BCUT2D eigenvalue weighted by Crippen LogP contribution is 2.08. The van der Waals surface area contributed by atoms with Crippen LogP contribution in [0.15, 0.2) is 35.8 Å². The van der Waals surface area contributed by atoms with Gasteiger partial charge in [0.15, 0.2) is 0 Å². The molecule has 0 heterocycles. The first-order chi connectivity index (χ1) is 7.54. The van der Waals surface area contributed by atoms with E-state index in [2.05, 4.69) is 10.6 Å². The molecule has 0 atom stereocenters. The van der Waals surface area contributed by atoms with E-state index in [1.165, 1.54) is 24.3 Å². The lowest BCUT2D eigenvalue weighted by Gasteiger charge is -2.07. The molecule has 0 aliphatic carbocycles. The fourth-order valence-corrected chi connectivity index (χ4v) is 0.989. The maximum absolute atomic E-state index is 12.6. The zero-order chi connectivity index (χ0) is 12.1. The first-order valence-corrected chi connectivity index (χ1v) is 4.54. The van der Waals surface area contributed by atoms with Crippen molar-refractivity contribution < 1.29 is 9.18 Å². The van der Waals surface area contributed by atoms with Gasteiger partial charge >= 0.3 is 0 Å². The van der Waals surface area contributed by atoms with Crippen molar-refractivity contribution in [3.05, 3.63) is 41.6 Å². The summed E-state index contributed by atoms with van der Waals surface area (Å²) in [6, 6.07) is 5.32. The highest BCUT2D eigenvalue weighted by Gasteiger charge is 2.09. The Morgan fingerprint density at radius 2 is 1.81 bits per heavy atom. The number of halogens is 1. The molecule has 0 unspecified atom stereocenters. The van der Waals surface area contributed by atoms with Crippen molar-refractivity contribution in [1.82, 2.24) is 5.32 Å². The van der Waals surface area contributed by atoms with Crippen LogP contribution < -0.4 is 22.1 Å². The first-order valence-electron chi connectivity index (χ1n) is 4.54. The average Bonchev–Trinajstić information content (AvgIpc) is 2.30. The molecule has 0 spiro atoms. The van der Waals surface area contributed by atoms with Gasteiger partial charge in [-0.25, -0.2) is 4.39 Å². The van der Waals surface area contributed by atoms with Crippen molar-refractivity contribution >= 4 is 11.6 Å². The van der Waals surface area contributed by atoms with Crippen molar-refractivity contribution in [2.24, 2.45) is 11.5 Å². The molecule has 86 valence electrons. The summed E-state index contributed by atoms with van der Waals surface area (Å²) in [7, 11) is 1.55. The van der Waals surface area contributed by atoms with Gasteiger partial charge in [0.25, 0.3) is 5.91 Å². The summed E-state index contributed by atoms with van der Waals surface area (Å²) in [5, 5.41) is 5.03. The SMILES string of the molecule is CN/C(N)=C(\N)C(=O)Nc1ccc(F)cc1. The molecule has 0 bridgehead atoms. The van der Waals surface area contributed by atoms with Crippen LogP contribution in [0.2, 0.25) is 0 Å². The first kappa shape index (κ1) is 11.8. The van der Waals surface area contributed by atoms with Crippen LogP contribution in [0.25, 0.3) is 0 Å². The third-order valence-corrected chi connectivity index (χ3v) is 1.91. The smallest absolute Gasteiger partial charge is 0.275 e. The van der Waals surface area contributed by atoms with E-state index < -0.39 is 5.91 Å². The zero-order valence-corrected chi connectivity index (χ0v) is 8.75. The van der Waals surface area contributed by atoms with Crippen LogP contribution in [0.1, 0.15) is 0 Å². The number of carbonyl (C=O) groups excluding carboxylic acids is 1. The minimum atomic E-state index is -0.543. The second-order valence-electron chi connectivity index (χ2n) is 3.04. The number of nitrogens with one attached hydrogen (secondary N) is 2. The van der Waals surface area contributed by atoms with Gasteiger partial charge in [-0.15, -0.1) is 0 Å². The van der Waals surface area contributed by atoms with Crippen LogP contribution in [0.4, 0.5) is 10.1 Å². The highest BCUT2D eigenvalue weighted by atomic mass is 19.1. The molecule has 1 aromatic carbocycles. The van der Waals surface area contributed by atoms with Gasteiger partial charge in [0.2, 0.25) is 0 Å². The second kappa shape index (κ2) is 5.01. The van der Waals surface area contributed by atoms with Gasteiger partial charge in [0.1, 0.15) is 17.3 Å². The van der Waals surface area contributed by atoms with Crippen molar-refractivity contribution in [2.75, 3.05) is 12.4 Å². The molecule has 0 aromatic heterocycles. The van der Waals surface area contributed by atoms with Crippen LogP contribution in [-0.2, 0) is 4.79 Å². The maximum Gasteiger partial charge on any atom is 0.275 e. The summed E-state index contributed by atoms with van der Waals surface area (Å²) in [4.78, 5) is 11.5. The number of nitrogens with two attached hydrogens (primary N) is 2. The van der Waals surface area contributed by atoms with E-state index in [1.807, 2.05) is 0 Å². The lowest BCUT2D eigenvalue weighted by Crippen LogP contribution is -2.29. The second-order valence-corrected chi connectivity index (χ2v) is 3.04. The van der Waals surface area contributed by atoms with Crippen LogP contribution in [-0.4, -0.2) is 13.0 Å². The average molecular weight is 224 g/mol. The normalized spacial score (nSPS) is 11.6.